The average Bonchev–Trinajstić information content (AvgIpc) is 2.78. The lowest BCUT2D eigenvalue weighted by atomic mass is 10.2. The highest BCUT2D eigenvalue weighted by molar-refractivity contribution is 5.77. The van der Waals surface area contributed by atoms with Crippen molar-refractivity contribution in [3.05, 3.63) is 52.1 Å². The maximum absolute atomic E-state index is 12.1. The quantitative estimate of drug-likeness (QED) is 0.843. The minimum atomic E-state index is -1.14. The summed E-state index contributed by atoms with van der Waals surface area (Å²) in [4.78, 5) is 35.8. The normalized spacial score (nSPS) is 11.2. The van der Waals surface area contributed by atoms with Gasteiger partial charge in [-0.25, -0.2) is 9.59 Å². The van der Waals surface area contributed by atoms with Crippen molar-refractivity contribution in [1.82, 2.24) is 4.57 Å². The number of oxazole rings is 1. The summed E-state index contributed by atoms with van der Waals surface area (Å²) in [6.45, 7) is 4.87. The van der Waals surface area contributed by atoms with E-state index in [-0.39, 0.29) is 12.3 Å². The molecule has 8 nitrogen and oxygen atoms in total. The van der Waals surface area contributed by atoms with Gasteiger partial charge in [0, 0.05) is 0 Å². The molecule has 0 bridgehead atoms. The first-order valence-corrected chi connectivity index (χ1v) is 7.54. The Morgan fingerprint density at radius 2 is 1.84 bits per heavy atom. The van der Waals surface area contributed by atoms with Gasteiger partial charge in [-0.3, -0.25) is 4.79 Å². The highest BCUT2D eigenvalue weighted by Crippen LogP contribution is 2.18. The number of nitrogens with zero attached hydrogens (tertiary/aromatic N) is 1. The maximum atomic E-state index is 12.1. The van der Waals surface area contributed by atoms with Gasteiger partial charge in [-0.05, 0) is 26.3 Å². The van der Waals surface area contributed by atoms with Crippen molar-refractivity contribution in [1.29, 1.82) is 0 Å². The molecule has 8 heteroatoms. The number of ether oxygens (including phenoxy) is 2. The van der Waals surface area contributed by atoms with E-state index in [0.717, 1.165) is 5.56 Å². The fourth-order valence-electron chi connectivity index (χ4n) is 1.97. The van der Waals surface area contributed by atoms with E-state index >= 15 is 0 Å². The van der Waals surface area contributed by atoms with E-state index in [9.17, 15) is 19.5 Å². The van der Waals surface area contributed by atoms with Crippen LogP contribution in [0.1, 0.15) is 32.0 Å². The van der Waals surface area contributed by atoms with Gasteiger partial charge in [-0.15, -0.1) is 0 Å². The first-order chi connectivity index (χ1) is 11.7. The molecule has 0 aliphatic rings. The molecular formula is C17H19NO7. The van der Waals surface area contributed by atoms with Crippen LogP contribution in [0, 0.1) is 0 Å². The number of benzene rings is 1. The minimum Gasteiger partial charge on any atom is -0.479 e. The lowest BCUT2D eigenvalue weighted by molar-refractivity contribution is -0.144. The maximum Gasteiger partial charge on any atom is 0.431 e. The summed E-state index contributed by atoms with van der Waals surface area (Å²) < 4.78 is 15.1. The number of rotatable bonds is 4. The van der Waals surface area contributed by atoms with Gasteiger partial charge in [0.2, 0.25) is 0 Å². The molecule has 0 fully saturated rings. The Morgan fingerprint density at radius 1 is 1.20 bits per heavy atom. The van der Waals surface area contributed by atoms with E-state index < -0.39 is 35.8 Å². The molecule has 1 aromatic heterocycles. The molecule has 25 heavy (non-hydrogen) atoms. The standard InChI is InChI=1S/C17H19NO7/c1-17(2,3)25-16(22)18-12(14(20)24-15(18)21)9-13(19)23-10-11-7-5-4-6-8-11/h4-8,20H,9-10H2,1-3H3. The Morgan fingerprint density at radius 3 is 2.44 bits per heavy atom. The molecule has 2 rings (SSSR count). The predicted octanol–water partition coefficient (Wildman–Crippen LogP) is 2.22. The summed E-state index contributed by atoms with van der Waals surface area (Å²) >= 11 is 0. The van der Waals surface area contributed by atoms with Gasteiger partial charge in [-0.1, -0.05) is 30.3 Å². The smallest absolute Gasteiger partial charge is 0.431 e. The van der Waals surface area contributed by atoms with E-state index in [0.29, 0.717) is 4.57 Å². The van der Waals surface area contributed by atoms with Crippen LogP contribution >= 0.6 is 0 Å². The molecule has 2 aromatic rings. The Labute approximate surface area is 143 Å². The lowest BCUT2D eigenvalue weighted by Gasteiger charge is -2.19. The van der Waals surface area contributed by atoms with Crippen LogP contribution in [0.4, 0.5) is 4.79 Å². The van der Waals surface area contributed by atoms with Gasteiger partial charge >= 0.3 is 23.8 Å². The molecule has 1 aromatic carbocycles. The SMILES string of the molecule is CC(C)(C)OC(=O)n1c(CC(=O)OCc2ccccc2)c(O)oc1=O. The third kappa shape index (κ3) is 4.97. The molecule has 0 unspecified atom stereocenters. The van der Waals surface area contributed by atoms with Crippen LogP contribution in [-0.2, 0) is 27.3 Å². The summed E-state index contributed by atoms with van der Waals surface area (Å²) in [7, 11) is 0. The number of carbonyl (C=O) groups excluding carboxylic acids is 2. The van der Waals surface area contributed by atoms with Gasteiger partial charge in [-0.2, -0.15) is 4.57 Å². The van der Waals surface area contributed by atoms with Crippen molar-refractivity contribution in [2.45, 2.75) is 39.4 Å². The lowest BCUT2D eigenvalue weighted by Crippen LogP contribution is -2.33. The van der Waals surface area contributed by atoms with Crippen LogP contribution in [-0.4, -0.2) is 27.3 Å². The number of hydrogen-bond donors (Lipinski definition) is 1. The van der Waals surface area contributed by atoms with Crippen molar-refractivity contribution in [3.63, 3.8) is 0 Å². The Hall–Kier alpha value is -3.03. The van der Waals surface area contributed by atoms with E-state index in [4.69, 9.17) is 9.47 Å². The summed E-state index contributed by atoms with van der Waals surface area (Å²) in [5.74, 6) is -2.71. The number of aromatic hydroxyl groups is 1. The average molecular weight is 349 g/mol. The van der Waals surface area contributed by atoms with Crippen LogP contribution < -0.4 is 5.76 Å². The second kappa shape index (κ2) is 7.25. The highest BCUT2D eigenvalue weighted by Gasteiger charge is 2.28. The molecule has 0 aliphatic heterocycles. The minimum absolute atomic E-state index is 0.0228. The molecule has 0 atom stereocenters. The van der Waals surface area contributed by atoms with E-state index in [1.54, 1.807) is 45.0 Å². The third-order valence-corrected chi connectivity index (χ3v) is 3.01. The molecule has 1 heterocycles. The largest absolute Gasteiger partial charge is 0.479 e. The molecule has 0 saturated carbocycles. The Bertz CT molecular complexity index is 812. The topological polar surface area (TPSA) is 108 Å². The van der Waals surface area contributed by atoms with Gasteiger partial charge in [0.05, 0.1) is 6.42 Å². The van der Waals surface area contributed by atoms with Gasteiger partial charge < -0.3 is 19.0 Å². The molecule has 0 saturated heterocycles. The van der Waals surface area contributed by atoms with Crippen LogP contribution in [0.15, 0.2) is 39.5 Å². The molecule has 1 N–H and O–H groups in total. The first-order valence-electron chi connectivity index (χ1n) is 7.54. The van der Waals surface area contributed by atoms with Crippen LogP contribution in [0.2, 0.25) is 0 Å². The van der Waals surface area contributed by atoms with E-state index in [1.807, 2.05) is 6.07 Å². The number of esters is 1. The van der Waals surface area contributed by atoms with Gasteiger partial charge in [0.1, 0.15) is 17.9 Å². The van der Waals surface area contributed by atoms with Crippen LogP contribution in [0.25, 0.3) is 0 Å². The molecule has 0 amide bonds. The zero-order chi connectivity index (χ0) is 18.6. The molecule has 134 valence electrons. The van der Waals surface area contributed by atoms with E-state index in [1.165, 1.54) is 0 Å². The van der Waals surface area contributed by atoms with Gasteiger partial charge in [0.25, 0.3) is 0 Å². The van der Waals surface area contributed by atoms with Crippen molar-refractivity contribution in [3.8, 4) is 5.95 Å². The zero-order valence-corrected chi connectivity index (χ0v) is 14.1. The first kappa shape index (κ1) is 18.3. The summed E-state index contributed by atoms with van der Waals surface area (Å²) in [6, 6.07) is 8.98. The predicted molar refractivity (Wildman–Crippen MR) is 86.2 cm³/mol. The summed E-state index contributed by atoms with van der Waals surface area (Å²) in [5.41, 5.74) is -0.414. The van der Waals surface area contributed by atoms with Crippen molar-refractivity contribution in [2.24, 2.45) is 0 Å². The third-order valence-electron chi connectivity index (χ3n) is 3.01. The second-order valence-electron chi connectivity index (χ2n) is 6.26. The molecular weight excluding hydrogens is 330 g/mol. The number of aromatic nitrogens is 1. The highest BCUT2D eigenvalue weighted by atomic mass is 16.6. The second-order valence-corrected chi connectivity index (χ2v) is 6.26. The Kier molecular flexibility index (Phi) is 5.31. The number of hydrogen-bond acceptors (Lipinski definition) is 7. The fraction of sp³-hybridized carbons (Fsp3) is 0.353. The number of carbonyl (C=O) groups is 2. The molecule has 0 spiro atoms. The molecule has 0 aliphatic carbocycles. The van der Waals surface area contributed by atoms with Crippen LogP contribution in [0.5, 0.6) is 5.95 Å². The monoisotopic (exact) mass is 349 g/mol. The van der Waals surface area contributed by atoms with Crippen molar-refractivity contribution in [2.75, 3.05) is 0 Å². The van der Waals surface area contributed by atoms with E-state index in [2.05, 4.69) is 4.42 Å². The zero-order valence-electron chi connectivity index (χ0n) is 14.1. The Balaban J connectivity index is 2.12. The van der Waals surface area contributed by atoms with Crippen molar-refractivity contribution >= 4 is 12.1 Å². The van der Waals surface area contributed by atoms with Gasteiger partial charge in [0.15, 0.2) is 0 Å². The summed E-state index contributed by atoms with van der Waals surface area (Å²) in [5, 5.41) is 9.69. The fourth-order valence-corrected chi connectivity index (χ4v) is 1.97. The molecule has 0 radical (unpaired) electrons. The summed E-state index contributed by atoms with van der Waals surface area (Å²) in [6.07, 6.45) is -1.57. The van der Waals surface area contributed by atoms with Crippen LogP contribution in [0.3, 0.4) is 0 Å². The van der Waals surface area contributed by atoms with Crippen molar-refractivity contribution < 1.29 is 28.6 Å².